The number of rotatable bonds is 7. The van der Waals surface area contributed by atoms with E-state index in [4.69, 9.17) is 0 Å². The predicted molar refractivity (Wildman–Crippen MR) is 74.1 cm³/mol. The van der Waals surface area contributed by atoms with Gasteiger partial charge in [0.05, 0.1) is 6.10 Å². The molecule has 2 heteroatoms. The molecular weight excluding hydrogens is 210 g/mol. The summed E-state index contributed by atoms with van der Waals surface area (Å²) >= 11 is 0. The van der Waals surface area contributed by atoms with Gasteiger partial charge in [0, 0.05) is 6.04 Å². The molecule has 2 nitrogen and oxygen atoms in total. The molecule has 0 aromatic heterocycles. The molecule has 17 heavy (non-hydrogen) atoms. The smallest absolute Gasteiger partial charge is 0.0555 e. The third kappa shape index (κ3) is 5.87. The molecule has 0 aliphatic heterocycles. The van der Waals surface area contributed by atoms with Crippen LogP contribution in [0, 0.1) is 11.8 Å². The monoisotopic (exact) mass is 241 g/mol. The van der Waals surface area contributed by atoms with Gasteiger partial charge in [-0.15, -0.1) is 0 Å². The van der Waals surface area contributed by atoms with Crippen LogP contribution in [0.4, 0.5) is 0 Å². The lowest BCUT2D eigenvalue weighted by atomic mass is 10.1. The highest BCUT2D eigenvalue weighted by molar-refractivity contribution is 4.83. The van der Waals surface area contributed by atoms with Crippen LogP contribution in [0.25, 0.3) is 0 Å². The zero-order valence-corrected chi connectivity index (χ0v) is 12.2. The van der Waals surface area contributed by atoms with Crippen molar-refractivity contribution < 1.29 is 5.11 Å². The minimum absolute atomic E-state index is 0.0411. The molecule has 0 aromatic rings. The maximum absolute atomic E-state index is 9.68. The maximum Gasteiger partial charge on any atom is 0.0555 e. The molecule has 0 bridgehead atoms. The first-order chi connectivity index (χ1) is 7.99. The molecule has 1 N–H and O–H groups in total. The molecule has 1 aliphatic carbocycles. The average Bonchev–Trinajstić information content (AvgIpc) is 2.64. The van der Waals surface area contributed by atoms with E-state index in [2.05, 4.69) is 32.6 Å². The van der Waals surface area contributed by atoms with Crippen LogP contribution in [0.5, 0.6) is 0 Å². The zero-order valence-electron chi connectivity index (χ0n) is 12.2. The quantitative estimate of drug-likeness (QED) is 0.739. The molecule has 0 saturated heterocycles. The normalized spacial score (nSPS) is 25.4. The Morgan fingerprint density at radius 3 is 1.88 bits per heavy atom. The Morgan fingerprint density at radius 2 is 1.53 bits per heavy atom. The Labute approximate surface area is 107 Å². The lowest BCUT2D eigenvalue weighted by Crippen LogP contribution is -2.36. The van der Waals surface area contributed by atoms with E-state index >= 15 is 0 Å². The van der Waals surface area contributed by atoms with Crippen molar-refractivity contribution in [3.63, 3.8) is 0 Å². The van der Waals surface area contributed by atoms with Crippen LogP contribution in [0.3, 0.4) is 0 Å². The molecule has 0 heterocycles. The Hall–Kier alpha value is -0.0800. The molecule has 102 valence electrons. The first kappa shape index (κ1) is 15.0. The van der Waals surface area contributed by atoms with Gasteiger partial charge in [0.25, 0.3) is 0 Å². The topological polar surface area (TPSA) is 23.5 Å². The standard InChI is InChI=1S/C15H31NO/c1-12(2)7-9-16(10-8-13(3)4)14-5-6-15(17)11-14/h12-15,17H,5-11H2,1-4H3. The minimum atomic E-state index is -0.0411. The highest BCUT2D eigenvalue weighted by atomic mass is 16.3. The third-order valence-corrected chi connectivity index (χ3v) is 3.88. The lowest BCUT2D eigenvalue weighted by molar-refractivity contribution is 0.143. The Bertz CT molecular complexity index is 191. The fraction of sp³-hybridized carbons (Fsp3) is 1.00. The number of aliphatic hydroxyl groups is 1. The van der Waals surface area contributed by atoms with Gasteiger partial charge in [0.1, 0.15) is 0 Å². The van der Waals surface area contributed by atoms with Gasteiger partial charge in [-0.2, -0.15) is 0 Å². The van der Waals surface area contributed by atoms with Crippen LogP contribution in [-0.2, 0) is 0 Å². The van der Waals surface area contributed by atoms with Crippen molar-refractivity contribution in [2.75, 3.05) is 13.1 Å². The SMILES string of the molecule is CC(C)CCN(CCC(C)C)C1CCC(O)C1. The van der Waals surface area contributed by atoms with Crippen molar-refractivity contribution >= 4 is 0 Å². The molecule has 2 unspecified atom stereocenters. The number of nitrogens with zero attached hydrogens (tertiary/aromatic N) is 1. The Morgan fingerprint density at radius 1 is 1.00 bits per heavy atom. The van der Waals surface area contributed by atoms with Gasteiger partial charge in [-0.1, -0.05) is 27.7 Å². The van der Waals surface area contributed by atoms with Crippen LogP contribution >= 0.6 is 0 Å². The first-order valence-electron chi connectivity index (χ1n) is 7.41. The summed E-state index contributed by atoms with van der Waals surface area (Å²) in [5, 5.41) is 9.68. The summed E-state index contributed by atoms with van der Waals surface area (Å²) < 4.78 is 0. The van der Waals surface area contributed by atoms with E-state index in [1.807, 2.05) is 0 Å². The van der Waals surface area contributed by atoms with E-state index in [0.717, 1.165) is 24.7 Å². The van der Waals surface area contributed by atoms with Gasteiger partial charge in [0.2, 0.25) is 0 Å². The number of hydrogen-bond acceptors (Lipinski definition) is 2. The van der Waals surface area contributed by atoms with Gasteiger partial charge in [-0.25, -0.2) is 0 Å². The fourth-order valence-corrected chi connectivity index (χ4v) is 2.59. The molecule has 1 rings (SSSR count). The van der Waals surface area contributed by atoms with Gasteiger partial charge >= 0.3 is 0 Å². The molecule has 0 aromatic carbocycles. The summed E-state index contributed by atoms with van der Waals surface area (Å²) in [6, 6.07) is 0.641. The first-order valence-corrected chi connectivity index (χ1v) is 7.41. The van der Waals surface area contributed by atoms with Crippen molar-refractivity contribution in [1.29, 1.82) is 0 Å². The summed E-state index contributed by atoms with van der Waals surface area (Å²) in [7, 11) is 0. The van der Waals surface area contributed by atoms with Crippen LogP contribution in [0.1, 0.15) is 59.8 Å². The number of aliphatic hydroxyl groups excluding tert-OH is 1. The van der Waals surface area contributed by atoms with Gasteiger partial charge in [-0.05, 0) is 57.0 Å². The van der Waals surface area contributed by atoms with Crippen molar-refractivity contribution in [2.45, 2.75) is 71.9 Å². The minimum Gasteiger partial charge on any atom is -0.393 e. The molecule has 0 radical (unpaired) electrons. The highest BCUT2D eigenvalue weighted by Crippen LogP contribution is 2.25. The molecule has 1 fully saturated rings. The largest absolute Gasteiger partial charge is 0.393 e. The maximum atomic E-state index is 9.68. The van der Waals surface area contributed by atoms with E-state index < -0.39 is 0 Å². The summed E-state index contributed by atoms with van der Waals surface area (Å²) in [6.45, 7) is 11.6. The van der Waals surface area contributed by atoms with Crippen molar-refractivity contribution in [1.82, 2.24) is 4.90 Å². The zero-order chi connectivity index (χ0) is 12.8. The molecule has 2 atom stereocenters. The lowest BCUT2D eigenvalue weighted by Gasteiger charge is -2.30. The molecule has 0 amide bonds. The molecule has 1 saturated carbocycles. The second-order valence-electron chi connectivity index (χ2n) is 6.52. The Balaban J connectivity index is 2.40. The van der Waals surface area contributed by atoms with E-state index in [1.54, 1.807) is 0 Å². The van der Waals surface area contributed by atoms with E-state index in [0.29, 0.717) is 6.04 Å². The number of hydrogen-bond donors (Lipinski definition) is 1. The second kappa shape index (κ2) is 7.38. The summed E-state index contributed by atoms with van der Waals surface area (Å²) in [6.07, 6.45) is 5.72. The fourth-order valence-electron chi connectivity index (χ4n) is 2.59. The van der Waals surface area contributed by atoms with Crippen molar-refractivity contribution in [2.24, 2.45) is 11.8 Å². The summed E-state index contributed by atoms with van der Waals surface area (Å²) in [5.41, 5.74) is 0. The summed E-state index contributed by atoms with van der Waals surface area (Å²) in [4.78, 5) is 2.64. The van der Waals surface area contributed by atoms with E-state index in [9.17, 15) is 5.11 Å². The van der Waals surface area contributed by atoms with Crippen LogP contribution in [-0.4, -0.2) is 35.2 Å². The van der Waals surface area contributed by atoms with Gasteiger partial charge in [-0.3, -0.25) is 0 Å². The molecule has 1 aliphatic rings. The van der Waals surface area contributed by atoms with Crippen LogP contribution in [0.2, 0.25) is 0 Å². The van der Waals surface area contributed by atoms with Crippen molar-refractivity contribution in [3.8, 4) is 0 Å². The summed E-state index contributed by atoms with van der Waals surface area (Å²) in [5.74, 6) is 1.56. The molecule has 0 spiro atoms. The van der Waals surface area contributed by atoms with Crippen LogP contribution < -0.4 is 0 Å². The van der Waals surface area contributed by atoms with Gasteiger partial charge < -0.3 is 10.0 Å². The Kier molecular flexibility index (Phi) is 6.50. The predicted octanol–water partition coefficient (Wildman–Crippen LogP) is 3.29. The van der Waals surface area contributed by atoms with Crippen molar-refractivity contribution in [3.05, 3.63) is 0 Å². The van der Waals surface area contributed by atoms with Crippen LogP contribution in [0.15, 0.2) is 0 Å². The van der Waals surface area contributed by atoms with Gasteiger partial charge in [0.15, 0.2) is 0 Å². The molecular formula is C15H31NO. The highest BCUT2D eigenvalue weighted by Gasteiger charge is 2.27. The second-order valence-corrected chi connectivity index (χ2v) is 6.52. The average molecular weight is 241 g/mol. The van der Waals surface area contributed by atoms with E-state index in [-0.39, 0.29) is 6.10 Å². The van der Waals surface area contributed by atoms with E-state index in [1.165, 1.54) is 32.4 Å². The third-order valence-electron chi connectivity index (χ3n) is 3.88.